The summed E-state index contributed by atoms with van der Waals surface area (Å²) in [6.45, 7) is 4.44. The topological polar surface area (TPSA) is 30.5 Å². The molecule has 0 saturated carbocycles. The highest BCUT2D eigenvalue weighted by molar-refractivity contribution is 9.10. The Bertz CT molecular complexity index is 396. The Morgan fingerprint density at radius 1 is 1.22 bits per heavy atom. The number of halogens is 1. The molecule has 0 saturated heterocycles. The van der Waals surface area contributed by atoms with E-state index in [2.05, 4.69) is 35.1 Å². The van der Waals surface area contributed by atoms with Crippen molar-refractivity contribution in [3.63, 3.8) is 0 Å². The van der Waals surface area contributed by atoms with Gasteiger partial charge in [0.05, 0.1) is 14.2 Å². The Hall–Kier alpha value is -0.740. The van der Waals surface area contributed by atoms with Gasteiger partial charge < -0.3 is 14.8 Å². The predicted molar refractivity (Wildman–Crippen MR) is 78.5 cm³/mol. The normalized spacial score (nSPS) is 14.1. The van der Waals surface area contributed by atoms with Crippen LogP contribution in [0.3, 0.4) is 0 Å². The SMILES string of the molecule is CCC(C)C(NC)c1cc(OC)c(OC)cc1Br. The van der Waals surface area contributed by atoms with Crippen LogP contribution < -0.4 is 14.8 Å². The van der Waals surface area contributed by atoms with Crippen molar-refractivity contribution in [2.75, 3.05) is 21.3 Å². The van der Waals surface area contributed by atoms with Gasteiger partial charge in [-0.15, -0.1) is 0 Å². The van der Waals surface area contributed by atoms with Gasteiger partial charge in [0.15, 0.2) is 11.5 Å². The summed E-state index contributed by atoms with van der Waals surface area (Å²) in [5.74, 6) is 2.05. The fourth-order valence-corrected chi connectivity index (χ4v) is 2.66. The number of benzene rings is 1. The van der Waals surface area contributed by atoms with E-state index in [0.29, 0.717) is 12.0 Å². The van der Waals surface area contributed by atoms with Gasteiger partial charge in [0, 0.05) is 10.5 Å². The number of hydrogen-bond acceptors (Lipinski definition) is 3. The lowest BCUT2D eigenvalue weighted by Gasteiger charge is -2.25. The van der Waals surface area contributed by atoms with Crippen molar-refractivity contribution in [3.8, 4) is 11.5 Å². The molecule has 0 radical (unpaired) electrons. The zero-order valence-electron chi connectivity index (χ0n) is 11.7. The van der Waals surface area contributed by atoms with E-state index in [0.717, 1.165) is 22.4 Å². The molecule has 1 N–H and O–H groups in total. The first-order valence-corrected chi connectivity index (χ1v) is 6.96. The lowest BCUT2D eigenvalue weighted by molar-refractivity contribution is 0.350. The second-order valence-electron chi connectivity index (χ2n) is 4.38. The van der Waals surface area contributed by atoms with Crippen molar-refractivity contribution < 1.29 is 9.47 Å². The first-order valence-electron chi connectivity index (χ1n) is 6.17. The molecule has 0 spiro atoms. The summed E-state index contributed by atoms with van der Waals surface area (Å²) >= 11 is 3.61. The highest BCUT2D eigenvalue weighted by atomic mass is 79.9. The van der Waals surface area contributed by atoms with Gasteiger partial charge in [-0.25, -0.2) is 0 Å². The third-order valence-electron chi connectivity index (χ3n) is 3.36. The summed E-state index contributed by atoms with van der Waals surface area (Å²) in [5, 5.41) is 3.37. The average molecular weight is 316 g/mol. The third kappa shape index (κ3) is 3.18. The Labute approximate surface area is 118 Å². The van der Waals surface area contributed by atoms with Gasteiger partial charge in [0.25, 0.3) is 0 Å². The van der Waals surface area contributed by atoms with Crippen molar-refractivity contribution in [3.05, 3.63) is 22.2 Å². The minimum Gasteiger partial charge on any atom is -0.493 e. The van der Waals surface area contributed by atoms with Gasteiger partial charge in [-0.05, 0) is 30.7 Å². The molecule has 0 bridgehead atoms. The summed E-state index contributed by atoms with van der Waals surface area (Å²) < 4.78 is 11.7. The van der Waals surface area contributed by atoms with Crippen LogP contribution in [0.5, 0.6) is 11.5 Å². The second-order valence-corrected chi connectivity index (χ2v) is 5.23. The van der Waals surface area contributed by atoms with Crippen LogP contribution in [0.25, 0.3) is 0 Å². The number of methoxy groups -OCH3 is 2. The number of hydrogen-bond donors (Lipinski definition) is 1. The lowest BCUT2D eigenvalue weighted by atomic mass is 9.92. The maximum absolute atomic E-state index is 5.37. The molecule has 4 heteroatoms. The van der Waals surface area contributed by atoms with Gasteiger partial charge >= 0.3 is 0 Å². The van der Waals surface area contributed by atoms with Crippen molar-refractivity contribution in [1.29, 1.82) is 0 Å². The smallest absolute Gasteiger partial charge is 0.161 e. The molecule has 0 aliphatic carbocycles. The molecule has 102 valence electrons. The van der Waals surface area contributed by atoms with E-state index in [4.69, 9.17) is 9.47 Å². The number of ether oxygens (including phenoxy) is 2. The summed E-state index contributed by atoms with van der Waals surface area (Å²) in [4.78, 5) is 0. The van der Waals surface area contributed by atoms with Crippen LogP contribution in [-0.2, 0) is 0 Å². The van der Waals surface area contributed by atoms with Crippen LogP contribution >= 0.6 is 15.9 Å². The first-order chi connectivity index (χ1) is 8.58. The van der Waals surface area contributed by atoms with Crippen molar-refractivity contribution in [1.82, 2.24) is 5.32 Å². The Morgan fingerprint density at radius 3 is 2.22 bits per heavy atom. The van der Waals surface area contributed by atoms with E-state index >= 15 is 0 Å². The van der Waals surface area contributed by atoms with Crippen molar-refractivity contribution in [2.24, 2.45) is 5.92 Å². The standard InChI is InChI=1S/C14H22BrNO2/c1-6-9(2)14(16-3)10-7-12(17-4)13(18-5)8-11(10)15/h7-9,14,16H,6H2,1-5H3. The fraction of sp³-hybridized carbons (Fsp3) is 0.571. The lowest BCUT2D eigenvalue weighted by Crippen LogP contribution is -2.23. The Balaban J connectivity index is 3.22. The van der Waals surface area contributed by atoms with Gasteiger partial charge in [-0.1, -0.05) is 36.2 Å². The molecule has 1 aromatic rings. The maximum Gasteiger partial charge on any atom is 0.161 e. The fourth-order valence-electron chi connectivity index (χ4n) is 2.09. The molecular weight excluding hydrogens is 294 g/mol. The number of rotatable bonds is 6. The highest BCUT2D eigenvalue weighted by Gasteiger charge is 2.21. The quantitative estimate of drug-likeness (QED) is 0.866. The first kappa shape index (κ1) is 15.3. The molecule has 1 aromatic carbocycles. The van der Waals surface area contributed by atoms with E-state index < -0.39 is 0 Å². The van der Waals surface area contributed by atoms with Crippen LogP contribution in [0.2, 0.25) is 0 Å². The third-order valence-corrected chi connectivity index (χ3v) is 4.05. The monoisotopic (exact) mass is 315 g/mol. The molecule has 0 aliphatic heterocycles. The second kappa shape index (κ2) is 7.00. The number of nitrogens with one attached hydrogen (secondary N) is 1. The molecular formula is C14H22BrNO2. The summed E-state index contributed by atoms with van der Waals surface area (Å²) in [5.41, 5.74) is 1.20. The molecule has 1 rings (SSSR count). The van der Waals surface area contributed by atoms with Gasteiger partial charge in [-0.3, -0.25) is 0 Å². The molecule has 0 heterocycles. The van der Waals surface area contributed by atoms with Crippen molar-refractivity contribution >= 4 is 15.9 Å². The van der Waals surface area contributed by atoms with Crippen molar-refractivity contribution in [2.45, 2.75) is 26.3 Å². The van der Waals surface area contributed by atoms with E-state index in [1.165, 1.54) is 5.56 Å². The van der Waals surface area contributed by atoms with Gasteiger partial charge in [0.1, 0.15) is 0 Å². The largest absolute Gasteiger partial charge is 0.493 e. The van der Waals surface area contributed by atoms with Gasteiger partial charge in [0.2, 0.25) is 0 Å². The van der Waals surface area contributed by atoms with Crippen LogP contribution in [0.4, 0.5) is 0 Å². The van der Waals surface area contributed by atoms with Crippen LogP contribution in [0.1, 0.15) is 31.9 Å². The van der Waals surface area contributed by atoms with E-state index in [9.17, 15) is 0 Å². The minimum absolute atomic E-state index is 0.296. The molecule has 0 amide bonds. The van der Waals surface area contributed by atoms with Crippen LogP contribution in [-0.4, -0.2) is 21.3 Å². The highest BCUT2D eigenvalue weighted by Crippen LogP contribution is 2.38. The molecule has 0 aromatic heterocycles. The van der Waals surface area contributed by atoms with Crippen LogP contribution in [0, 0.1) is 5.92 Å². The summed E-state index contributed by atoms with van der Waals surface area (Å²) in [7, 11) is 5.29. The molecule has 2 atom stereocenters. The Morgan fingerprint density at radius 2 is 1.78 bits per heavy atom. The maximum atomic E-state index is 5.37. The van der Waals surface area contributed by atoms with E-state index in [1.807, 2.05) is 19.2 Å². The van der Waals surface area contributed by atoms with Crippen LogP contribution in [0.15, 0.2) is 16.6 Å². The Kier molecular flexibility index (Phi) is 5.96. The van der Waals surface area contributed by atoms with E-state index in [1.54, 1.807) is 14.2 Å². The molecule has 2 unspecified atom stereocenters. The zero-order valence-corrected chi connectivity index (χ0v) is 13.3. The summed E-state index contributed by atoms with van der Waals surface area (Å²) in [6, 6.07) is 4.29. The zero-order chi connectivity index (χ0) is 13.7. The molecule has 0 fully saturated rings. The minimum atomic E-state index is 0.296. The predicted octanol–water partition coefficient (Wildman–Crippen LogP) is 3.77. The van der Waals surface area contributed by atoms with Gasteiger partial charge in [-0.2, -0.15) is 0 Å². The average Bonchev–Trinajstić information content (AvgIpc) is 2.40. The summed E-state index contributed by atoms with van der Waals surface area (Å²) in [6.07, 6.45) is 1.12. The van der Waals surface area contributed by atoms with E-state index in [-0.39, 0.29) is 0 Å². The molecule has 0 aliphatic rings. The molecule has 18 heavy (non-hydrogen) atoms. The molecule has 3 nitrogen and oxygen atoms in total.